The van der Waals surface area contributed by atoms with Gasteiger partial charge in [0.1, 0.15) is 0 Å². The highest BCUT2D eigenvalue weighted by molar-refractivity contribution is 14.0. The van der Waals surface area contributed by atoms with Gasteiger partial charge in [0.05, 0.1) is 6.54 Å². The fourth-order valence-corrected chi connectivity index (χ4v) is 1.91. The van der Waals surface area contributed by atoms with Crippen LogP contribution in [0.2, 0.25) is 0 Å². The lowest BCUT2D eigenvalue weighted by molar-refractivity contribution is 0.465. The Hall–Kier alpha value is 0.0900. The number of thioether (sulfide) groups is 1. The van der Waals surface area contributed by atoms with Gasteiger partial charge in [-0.15, -0.1) is 30.6 Å². The smallest absolute Gasteiger partial charge is 0.193 e. The SMILES string of the molecule is C=CCSCCN=C(NCC)N(C)CCCC.I. The number of nitrogens with zero attached hydrogens (tertiary/aromatic N) is 2. The van der Waals surface area contributed by atoms with Crippen LogP contribution in [0.5, 0.6) is 0 Å². The number of rotatable bonds is 9. The summed E-state index contributed by atoms with van der Waals surface area (Å²) in [7, 11) is 2.11. The zero-order valence-corrected chi connectivity index (χ0v) is 15.1. The third-order valence-corrected chi connectivity index (χ3v) is 3.22. The Kier molecular flexibility index (Phi) is 17.2. The van der Waals surface area contributed by atoms with Crippen molar-refractivity contribution in [1.82, 2.24) is 10.2 Å². The van der Waals surface area contributed by atoms with Crippen molar-refractivity contribution in [2.75, 3.05) is 38.2 Å². The first-order valence-electron chi connectivity index (χ1n) is 6.44. The molecule has 0 radical (unpaired) electrons. The normalized spacial score (nSPS) is 10.7. The molecule has 0 saturated heterocycles. The van der Waals surface area contributed by atoms with Gasteiger partial charge in [0.15, 0.2) is 5.96 Å². The van der Waals surface area contributed by atoms with Crippen LogP contribution < -0.4 is 5.32 Å². The maximum atomic E-state index is 4.61. The van der Waals surface area contributed by atoms with E-state index < -0.39 is 0 Å². The molecule has 108 valence electrons. The lowest BCUT2D eigenvalue weighted by atomic mass is 10.3. The van der Waals surface area contributed by atoms with E-state index >= 15 is 0 Å². The van der Waals surface area contributed by atoms with Crippen LogP contribution in [-0.4, -0.2) is 49.0 Å². The molecule has 0 bridgehead atoms. The molecule has 0 amide bonds. The van der Waals surface area contributed by atoms with Crippen LogP contribution in [0.25, 0.3) is 0 Å². The van der Waals surface area contributed by atoms with Gasteiger partial charge in [-0.25, -0.2) is 0 Å². The van der Waals surface area contributed by atoms with Crippen LogP contribution in [0.15, 0.2) is 17.6 Å². The highest BCUT2D eigenvalue weighted by Crippen LogP contribution is 1.99. The Morgan fingerprint density at radius 3 is 2.72 bits per heavy atom. The predicted molar refractivity (Wildman–Crippen MR) is 96.5 cm³/mol. The van der Waals surface area contributed by atoms with Crippen molar-refractivity contribution < 1.29 is 0 Å². The minimum atomic E-state index is 0. The molecule has 0 unspecified atom stereocenters. The largest absolute Gasteiger partial charge is 0.357 e. The quantitative estimate of drug-likeness (QED) is 0.217. The second-order valence-corrected chi connectivity index (χ2v) is 5.02. The van der Waals surface area contributed by atoms with E-state index in [0.717, 1.165) is 37.1 Å². The van der Waals surface area contributed by atoms with Crippen LogP contribution in [-0.2, 0) is 0 Å². The number of aliphatic imine (C=N–C) groups is 1. The van der Waals surface area contributed by atoms with Crippen LogP contribution >= 0.6 is 35.7 Å². The summed E-state index contributed by atoms with van der Waals surface area (Å²) < 4.78 is 0. The molecule has 0 aliphatic heterocycles. The van der Waals surface area contributed by atoms with E-state index in [0.29, 0.717) is 0 Å². The summed E-state index contributed by atoms with van der Waals surface area (Å²) in [6.07, 6.45) is 4.37. The fraction of sp³-hybridized carbons (Fsp3) is 0.769. The molecule has 0 heterocycles. The van der Waals surface area contributed by atoms with Gasteiger partial charge in [0.2, 0.25) is 0 Å². The molecule has 0 aromatic carbocycles. The monoisotopic (exact) mass is 385 g/mol. The molecule has 0 fully saturated rings. The molecule has 5 heteroatoms. The van der Waals surface area contributed by atoms with Crippen molar-refractivity contribution in [2.24, 2.45) is 4.99 Å². The van der Waals surface area contributed by atoms with E-state index in [2.05, 4.69) is 42.7 Å². The molecule has 0 aromatic heterocycles. The standard InChI is InChI=1S/C13H27N3S.HI/c1-5-8-10-16(4)13(14-7-3)15-9-12-17-11-6-2;/h6H,2,5,7-12H2,1,3-4H3,(H,14,15);1H. The third-order valence-electron chi connectivity index (χ3n) is 2.28. The fourth-order valence-electron chi connectivity index (χ4n) is 1.35. The van der Waals surface area contributed by atoms with Crippen molar-refractivity contribution in [2.45, 2.75) is 26.7 Å². The minimum absolute atomic E-state index is 0. The maximum absolute atomic E-state index is 4.61. The Morgan fingerprint density at radius 2 is 2.17 bits per heavy atom. The van der Waals surface area contributed by atoms with Crippen molar-refractivity contribution >= 4 is 41.7 Å². The van der Waals surface area contributed by atoms with E-state index in [9.17, 15) is 0 Å². The molecule has 0 rings (SSSR count). The van der Waals surface area contributed by atoms with Crippen molar-refractivity contribution in [3.8, 4) is 0 Å². The molecule has 3 nitrogen and oxygen atoms in total. The third kappa shape index (κ3) is 11.2. The number of hydrogen-bond donors (Lipinski definition) is 1. The van der Waals surface area contributed by atoms with Gasteiger partial charge in [-0.2, -0.15) is 11.8 Å². The van der Waals surface area contributed by atoms with Crippen LogP contribution in [0.1, 0.15) is 26.7 Å². The minimum Gasteiger partial charge on any atom is -0.357 e. The average molecular weight is 385 g/mol. The second kappa shape index (κ2) is 15.1. The summed E-state index contributed by atoms with van der Waals surface area (Å²) >= 11 is 1.87. The Bertz CT molecular complexity index is 222. The Morgan fingerprint density at radius 1 is 1.44 bits per heavy atom. The molecule has 0 spiro atoms. The number of nitrogens with one attached hydrogen (secondary N) is 1. The molecule has 18 heavy (non-hydrogen) atoms. The number of halogens is 1. The van der Waals surface area contributed by atoms with E-state index in [1.165, 1.54) is 12.8 Å². The van der Waals surface area contributed by atoms with Gasteiger partial charge in [-0.1, -0.05) is 19.4 Å². The van der Waals surface area contributed by atoms with Crippen molar-refractivity contribution in [3.05, 3.63) is 12.7 Å². The van der Waals surface area contributed by atoms with Crippen LogP contribution in [0, 0.1) is 0 Å². The Labute approximate surface area is 134 Å². The van der Waals surface area contributed by atoms with E-state index in [4.69, 9.17) is 0 Å². The molecule has 0 aliphatic carbocycles. The molecular weight excluding hydrogens is 357 g/mol. The molecule has 1 N–H and O–H groups in total. The summed E-state index contributed by atoms with van der Waals surface area (Å²) in [5.41, 5.74) is 0. The average Bonchev–Trinajstić information content (AvgIpc) is 2.34. The molecule has 0 atom stereocenters. The molecular formula is C13H28IN3S. The van der Waals surface area contributed by atoms with Gasteiger partial charge in [0, 0.05) is 31.6 Å². The summed E-state index contributed by atoms with van der Waals surface area (Å²) in [6.45, 7) is 10.9. The molecule has 0 aromatic rings. The van der Waals surface area contributed by atoms with Crippen molar-refractivity contribution in [3.63, 3.8) is 0 Å². The first-order chi connectivity index (χ1) is 8.26. The highest BCUT2D eigenvalue weighted by atomic mass is 127. The summed E-state index contributed by atoms with van der Waals surface area (Å²) in [4.78, 5) is 6.83. The van der Waals surface area contributed by atoms with Gasteiger partial charge in [0.25, 0.3) is 0 Å². The number of guanidine groups is 1. The Balaban J connectivity index is 0. The summed E-state index contributed by atoms with van der Waals surface area (Å²) in [6, 6.07) is 0. The highest BCUT2D eigenvalue weighted by Gasteiger charge is 2.03. The predicted octanol–water partition coefficient (Wildman–Crippen LogP) is 3.22. The topological polar surface area (TPSA) is 27.6 Å². The van der Waals surface area contributed by atoms with E-state index in [1.54, 1.807) is 0 Å². The van der Waals surface area contributed by atoms with Crippen LogP contribution in [0.3, 0.4) is 0 Å². The molecule has 0 aliphatic rings. The number of hydrogen-bond acceptors (Lipinski definition) is 2. The van der Waals surface area contributed by atoms with Gasteiger partial charge in [-0.05, 0) is 13.3 Å². The molecule has 0 saturated carbocycles. The maximum Gasteiger partial charge on any atom is 0.193 e. The summed E-state index contributed by atoms with van der Waals surface area (Å²) in [5.74, 6) is 3.10. The van der Waals surface area contributed by atoms with Crippen molar-refractivity contribution in [1.29, 1.82) is 0 Å². The van der Waals surface area contributed by atoms with Crippen LogP contribution in [0.4, 0.5) is 0 Å². The first kappa shape index (κ1) is 20.4. The first-order valence-corrected chi connectivity index (χ1v) is 7.59. The lowest BCUT2D eigenvalue weighted by Crippen LogP contribution is -2.39. The zero-order chi connectivity index (χ0) is 12.9. The number of unbranched alkanes of at least 4 members (excludes halogenated alkanes) is 1. The van der Waals surface area contributed by atoms with Gasteiger partial charge in [-0.3, -0.25) is 4.99 Å². The van der Waals surface area contributed by atoms with E-state index in [-0.39, 0.29) is 24.0 Å². The second-order valence-electron chi connectivity index (χ2n) is 3.87. The summed E-state index contributed by atoms with van der Waals surface area (Å²) in [5, 5.41) is 3.33. The van der Waals surface area contributed by atoms with Gasteiger partial charge < -0.3 is 10.2 Å². The zero-order valence-electron chi connectivity index (χ0n) is 11.9. The van der Waals surface area contributed by atoms with E-state index in [1.807, 2.05) is 17.8 Å². The lowest BCUT2D eigenvalue weighted by Gasteiger charge is -2.21. The van der Waals surface area contributed by atoms with Gasteiger partial charge >= 0.3 is 0 Å².